The van der Waals surface area contributed by atoms with Gasteiger partial charge in [0.05, 0.1) is 0 Å². The van der Waals surface area contributed by atoms with Crippen LogP contribution in [0.4, 0.5) is 0 Å². The normalized spacial score (nSPS) is 30.0. The van der Waals surface area contributed by atoms with Crippen molar-refractivity contribution in [3.05, 3.63) is 0 Å². The van der Waals surface area contributed by atoms with Crippen LogP contribution in [0.5, 0.6) is 0 Å². The molecule has 1 aliphatic carbocycles. The summed E-state index contributed by atoms with van der Waals surface area (Å²) in [7, 11) is 0. The van der Waals surface area contributed by atoms with E-state index in [4.69, 9.17) is 5.73 Å². The molecular formula is C14H29NS. The fourth-order valence-corrected chi connectivity index (χ4v) is 4.54. The van der Waals surface area contributed by atoms with Crippen LogP contribution in [0.3, 0.4) is 0 Å². The van der Waals surface area contributed by atoms with Gasteiger partial charge in [-0.05, 0) is 31.6 Å². The lowest BCUT2D eigenvalue weighted by atomic mass is 9.90. The molecule has 0 aliphatic heterocycles. The number of hydrogen-bond donors (Lipinski definition) is 1. The summed E-state index contributed by atoms with van der Waals surface area (Å²) in [5, 5.41) is 1.58. The lowest BCUT2D eigenvalue weighted by Crippen LogP contribution is -2.34. The van der Waals surface area contributed by atoms with Gasteiger partial charge in [0.1, 0.15) is 0 Å². The summed E-state index contributed by atoms with van der Waals surface area (Å²) >= 11 is 2.19. The number of nitrogens with two attached hydrogens (primary N) is 1. The van der Waals surface area contributed by atoms with E-state index >= 15 is 0 Å². The van der Waals surface area contributed by atoms with Crippen molar-refractivity contribution in [3.63, 3.8) is 0 Å². The molecule has 0 saturated heterocycles. The molecule has 1 aliphatic rings. The summed E-state index contributed by atoms with van der Waals surface area (Å²) in [5.41, 5.74) is 6.27. The SMILES string of the molecule is CCCC(N)C(CC)SC1CCCC(C)C1. The fourth-order valence-electron chi connectivity index (χ4n) is 2.77. The van der Waals surface area contributed by atoms with E-state index in [1.807, 2.05) is 0 Å². The topological polar surface area (TPSA) is 26.0 Å². The zero-order valence-electron chi connectivity index (χ0n) is 11.2. The Bertz CT molecular complexity index is 184. The van der Waals surface area contributed by atoms with Crippen LogP contribution in [-0.4, -0.2) is 16.5 Å². The summed E-state index contributed by atoms with van der Waals surface area (Å²) in [6, 6.07) is 0.414. The number of hydrogen-bond acceptors (Lipinski definition) is 2. The van der Waals surface area contributed by atoms with Crippen LogP contribution in [0.1, 0.15) is 65.7 Å². The van der Waals surface area contributed by atoms with Crippen LogP contribution in [0.2, 0.25) is 0 Å². The molecule has 0 radical (unpaired) electrons. The monoisotopic (exact) mass is 243 g/mol. The third-order valence-corrected chi connectivity index (χ3v) is 5.60. The van der Waals surface area contributed by atoms with Crippen molar-refractivity contribution in [2.75, 3.05) is 0 Å². The predicted molar refractivity (Wildman–Crippen MR) is 76.0 cm³/mol. The molecule has 2 N–H and O–H groups in total. The van der Waals surface area contributed by atoms with E-state index in [-0.39, 0.29) is 0 Å². The molecule has 1 saturated carbocycles. The van der Waals surface area contributed by atoms with E-state index < -0.39 is 0 Å². The van der Waals surface area contributed by atoms with Crippen molar-refractivity contribution in [2.45, 2.75) is 82.3 Å². The van der Waals surface area contributed by atoms with E-state index in [0.717, 1.165) is 11.2 Å². The molecule has 1 fully saturated rings. The highest BCUT2D eigenvalue weighted by atomic mass is 32.2. The second-order valence-electron chi connectivity index (χ2n) is 5.43. The standard InChI is InChI=1S/C14H29NS/c1-4-7-13(15)14(5-2)16-12-9-6-8-11(3)10-12/h11-14H,4-10,15H2,1-3H3. The molecule has 16 heavy (non-hydrogen) atoms. The number of rotatable bonds is 6. The van der Waals surface area contributed by atoms with Crippen molar-refractivity contribution >= 4 is 11.8 Å². The maximum absolute atomic E-state index is 6.27. The molecule has 1 rings (SSSR count). The Morgan fingerprint density at radius 1 is 1.31 bits per heavy atom. The molecule has 0 amide bonds. The summed E-state index contributed by atoms with van der Waals surface area (Å²) in [5.74, 6) is 0.936. The van der Waals surface area contributed by atoms with Crippen LogP contribution >= 0.6 is 11.8 Å². The van der Waals surface area contributed by atoms with Gasteiger partial charge in [-0.2, -0.15) is 11.8 Å². The Labute approximate surface area is 106 Å². The molecule has 4 atom stereocenters. The van der Waals surface area contributed by atoms with Gasteiger partial charge in [0.15, 0.2) is 0 Å². The molecule has 0 aromatic heterocycles. The molecule has 0 heterocycles. The van der Waals surface area contributed by atoms with Crippen LogP contribution in [-0.2, 0) is 0 Å². The zero-order valence-corrected chi connectivity index (χ0v) is 12.1. The van der Waals surface area contributed by atoms with Crippen LogP contribution < -0.4 is 5.73 Å². The van der Waals surface area contributed by atoms with Gasteiger partial charge < -0.3 is 5.73 Å². The van der Waals surface area contributed by atoms with Crippen molar-refractivity contribution in [3.8, 4) is 0 Å². The van der Waals surface area contributed by atoms with Gasteiger partial charge in [0, 0.05) is 16.5 Å². The molecule has 0 spiro atoms. The van der Waals surface area contributed by atoms with Crippen LogP contribution in [0.15, 0.2) is 0 Å². The Balaban J connectivity index is 2.36. The zero-order chi connectivity index (χ0) is 12.0. The van der Waals surface area contributed by atoms with Gasteiger partial charge in [0.25, 0.3) is 0 Å². The Morgan fingerprint density at radius 2 is 2.06 bits per heavy atom. The van der Waals surface area contributed by atoms with Crippen LogP contribution in [0.25, 0.3) is 0 Å². The summed E-state index contributed by atoms with van der Waals surface area (Å²) in [6.07, 6.45) is 9.35. The van der Waals surface area contributed by atoms with Gasteiger partial charge in [0.2, 0.25) is 0 Å². The predicted octanol–water partition coefficient (Wildman–Crippen LogP) is 4.20. The van der Waals surface area contributed by atoms with Gasteiger partial charge in [-0.3, -0.25) is 0 Å². The molecule has 4 unspecified atom stereocenters. The largest absolute Gasteiger partial charge is 0.327 e. The highest BCUT2D eigenvalue weighted by Gasteiger charge is 2.24. The van der Waals surface area contributed by atoms with E-state index in [2.05, 4.69) is 32.5 Å². The van der Waals surface area contributed by atoms with Gasteiger partial charge >= 0.3 is 0 Å². The van der Waals surface area contributed by atoms with Gasteiger partial charge in [-0.1, -0.05) is 40.0 Å². The third kappa shape index (κ3) is 4.67. The first-order valence-corrected chi connectivity index (χ1v) is 8.02. The summed E-state index contributed by atoms with van der Waals surface area (Å²) < 4.78 is 0. The molecule has 2 heteroatoms. The molecule has 1 nitrogen and oxygen atoms in total. The maximum Gasteiger partial charge on any atom is 0.0199 e. The first-order valence-electron chi connectivity index (χ1n) is 7.08. The Morgan fingerprint density at radius 3 is 2.62 bits per heavy atom. The molecule has 0 bridgehead atoms. The average Bonchev–Trinajstić information content (AvgIpc) is 2.26. The second-order valence-corrected chi connectivity index (χ2v) is 6.97. The molecule has 0 aromatic rings. The lowest BCUT2D eigenvalue weighted by Gasteiger charge is -2.31. The molecule has 0 aromatic carbocycles. The van der Waals surface area contributed by atoms with Crippen molar-refractivity contribution in [1.82, 2.24) is 0 Å². The highest BCUT2D eigenvalue weighted by Crippen LogP contribution is 2.36. The smallest absolute Gasteiger partial charge is 0.0199 e. The second kappa shape index (κ2) is 7.60. The Hall–Kier alpha value is 0.310. The molecular weight excluding hydrogens is 214 g/mol. The first-order chi connectivity index (χ1) is 7.67. The fraction of sp³-hybridized carbons (Fsp3) is 1.00. The highest BCUT2D eigenvalue weighted by molar-refractivity contribution is 8.00. The summed E-state index contributed by atoms with van der Waals surface area (Å²) in [4.78, 5) is 0. The minimum absolute atomic E-state index is 0.414. The minimum atomic E-state index is 0.414. The lowest BCUT2D eigenvalue weighted by molar-refractivity contribution is 0.392. The van der Waals surface area contributed by atoms with Crippen molar-refractivity contribution in [2.24, 2.45) is 11.7 Å². The summed E-state index contributed by atoms with van der Waals surface area (Å²) in [6.45, 7) is 6.93. The van der Waals surface area contributed by atoms with Crippen molar-refractivity contribution in [1.29, 1.82) is 0 Å². The average molecular weight is 243 g/mol. The quantitative estimate of drug-likeness (QED) is 0.756. The first kappa shape index (κ1) is 14.4. The minimum Gasteiger partial charge on any atom is -0.327 e. The van der Waals surface area contributed by atoms with E-state index in [1.54, 1.807) is 0 Å². The van der Waals surface area contributed by atoms with Gasteiger partial charge in [-0.25, -0.2) is 0 Å². The maximum atomic E-state index is 6.27. The van der Waals surface area contributed by atoms with Crippen molar-refractivity contribution < 1.29 is 0 Å². The van der Waals surface area contributed by atoms with Crippen LogP contribution in [0, 0.1) is 5.92 Å². The van der Waals surface area contributed by atoms with Gasteiger partial charge in [-0.15, -0.1) is 0 Å². The van der Waals surface area contributed by atoms with E-state index in [0.29, 0.717) is 11.3 Å². The Kier molecular flexibility index (Phi) is 6.83. The number of thioether (sulfide) groups is 1. The van der Waals surface area contributed by atoms with E-state index in [1.165, 1.54) is 44.9 Å². The third-order valence-electron chi connectivity index (χ3n) is 3.76. The molecule has 96 valence electrons. The van der Waals surface area contributed by atoms with E-state index in [9.17, 15) is 0 Å².